The summed E-state index contributed by atoms with van der Waals surface area (Å²) >= 11 is 0. The molecule has 1 N–H and O–H groups in total. The minimum atomic E-state index is -0.133. The summed E-state index contributed by atoms with van der Waals surface area (Å²) < 4.78 is 5.33. The van der Waals surface area contributed by atoms with Gasteiger partial charge in [0.1, 0.15) is 0 Å². The lowest BCUT2D eigenvalue weighted by Gasteiger charge is -2.25. The maximum absolute atomic E-state index is 12.5. The van der Waals surface area contributed by atoms with Gasteiger partial charge in [0.05, 0.1) is 23.5 Å². The maximum atomic E-state index is 12.5. The number of amides is 2. The molecule has 116 valence electrons. The average Bonchev–Trinajstić information content (AvgIpc) is 3.16. The maximum Gasteiger partial charge on any atom is 0.318 e. The van der Waals surface area contributed by atoms with E-state index in [1.54, 1.807) is 6.20 Å². The Morgan fingerprint density at radius 1 is 1.50 bits per heavy atom. The number of aromatic nitrogens is 2. The zero-order valence-corrected chi connectivity index (χ0v) is 12.8. The zero-order chi connectivity index (χ0) is 15.5. The van der Waals surface area contributed by atoms with Crippen LogP contribution in [0.1, 0.15) is 49.0 Å². The fraction of sp³-hybridized carbons (Fsp3) is 0.438. The van der Waals surface area contributed by atoms with Crippen molar-refractivity contribution in [3.8, 4) is 0 Å². The summed E-state index contributed by atoms with van der Waals surface area (Å²) in [4.78, 5) is 18.6. The fourth-order valence-corrected chi connectivity index (χ4v) is 2.82. The highest BCUT2D eigenvalue weighted by Crippen LogP contribution is 2.32. The SMILES string of the molecule is Cc1cc([C@@H]2CCCN2C(=O)N[C@@H](C)c2ccccn2)on1. The predicted octanol–water partition coefficient (Wildman–Crippen LogP) is 2.99. The summed E-state index contributed by atoms with van der Waals surface area (Å²) in [7, 11) is 0. The van der Waals surface area contributed by atoms with E-state index in [0.29, 0.717) is 0 Å². The molecule has 3 rings (SSSR count). The number of carbonyl (C=O) groups is 1. The Balaban J connectivity index is 1.69. The number of rotatable bonds is 3. The number of hydrogen-bond acceptors (Lipinski definition) is 4. The molecule has 1 aliphatic rings. The number of carbonyl (C=O) groups excluding carboxylic acids is 1. The number of pyridine rings is 1. The number of nitrogens with one attached hydrogen (secondary N) is 1. The van der Waals surface area contributed by atoms with Gasteiger partial charge in [-0.2, -0.15) is 0 Å². The monoisotopic (exact) mass is 300 g/mol. The molecule has 2 amide bonds. The Bertz CT molecular complexity index is 641. The average molecular weight is 300 g/mol. The zero-order valence-electron chi connectivity index (χ0n) is 12.8. The van der Waals surface area contributed by atoms with Crippen LogP contribution in [-0.4, -0.2) is 27.6 Å². The van der Waals surface area contributed by atoms with Crippen molar-refractivity contribution in [2.45, 2.75) is 38.8 Å². The van der Waals surface area contributed by atoms with Gasteiger partial charge in [-0.1, -0.05) is 11.2 Å². The van der Waals surface area contributed by atoms with Crippen LogP contribution >= 0.6 is 0 Å². The molecule has 1 saturated heterocycles. The van der Waals surface area contributed by atoms with Gasteiger partial charge in [-0.05, 0) is 38.8 Å². The highest BCUT2D eigenvalue weighted by molar-refractivity contribution is 5.75. The molecule has 0 spiro atoms. The quantitative estimate of drug-likeness (QED) is 0.946. The molecule has 22 heavy (non-hydrogen) atoms. The topological polar surface area (TPSA) is 71.3 Å². The van der Waals surface area contributed by atoms with Crippen molar-refractivity contribution in [1.82, 2.24) is 20.4 Å². The number of likely N-dealkylation sites (tertiary alicyclic amines) is 1. The lowest BCUT2D eigenvalue weighted by Crippen LogP contribution is -2.40. The molecule has 2 aromatic rings. The Morgan fingerprint density at radius 2 is 2.36 bits per heavy atom. The van der Waals surface area contributed by atoms with Crippen LogP contribution in [0.3, 0.4) is 0 Å². The van der Waals surface area contributed by atoms with Crippen molar-refractivity contribution in [3.63, 3.8) is 0 Å². The molecule has 0 unspecified atom stereocenters. The Kier molecular flexibility index (Phi) is 4.09. The first-order valence-electron chi connectivity index (χ1n) is 7.56. The van der Waals surface area contributed by atoms with E-state index in [-0.39, 0.29) is 18.1 Å². The number of aryl methyl sites for hydroxylation is 1. The Morgan fingerprint density at radius 3 is 3.05 bits per heavy atom. The molecule has 0 aliphatic carbocycles. The van der Waals surface area contributed by atoms with Gasteiger partial charge in [0.25, 0.3) is 0 Å². The normalized spacial score (nSPS) is 19.2. The van der Waals surface area contributed by atoms with Crippen molar-refractivity contribution >= 4 is 6.03 Å². The van der Waals surface area contributed by atoms with E-state index in [1.165, 1.54) is 0 Å². The summed E-state index contributed by atoms with van der Waals surface area (Å²) in [5, 5.41) is 6.93. The molecule has 1 aliphatic heterocycles. The van der Waals surface area contributed by atoms with Gasteiger partial charge in [-0.15, -0.1) is 0 Å². The van der Waals surface area contributed by atoms with E-state index >= 15 is 0 Å². The van der Waals surface area contributed by atoms with E-state index in [2.05, 4.69) is 15.5 Å². The first kappa shape index (κ1) is 14.6. The lowest BCUT2D eigenvalue weighted by atomic mass is 10.1. The number of urea groups is 1. The molecule has 1 fully saturated rings. The minimum Gasteiger partial charge on any atom is -0.359 e. The van der Waals surface area contributed by atoms with E-state index < -0.39 is 0 Å². The van der Waals surface area contributed by atoms with Gasteiger partial charge in [0.2, 0.25) is 0 Å². The summed E-state index contributed by atoms with van der Waals surface area (Å²) in [6.45, 7) is 4.55. The van der Waals surface area contributed by atoms with E-state index in [9.17, 15) is 4.79 Å². The van der Waals surface area contributed by atoms with Gasteiger partial charge in [-0.3, -0.25) is 4.98 Å². The molecule has 2 atom stereocenters. The van der Waals surface area contributed by atoms with Crippen LogP contribution in [-0.2, 0) is 0 Å². The second kappa shape index (κ2) is 6.17. The lowest BCUT2D eigenvalue weighted by molar-refractivity contribution is 0.179. The predicted molar refractivity (Wildman–Crippen MR) is 81.1 cm³/mol. The molecule has 6 nitrogen and oxygen atoms in total. The van der Waals surface area contributed by atoms with Crippen LogP contribution in [0.5, 0.6) is 0 Å². The third kappa shape index (κ3) is 2.95. The van der Waals surface area contributed by atoms with Crippen molar-refractivity contribution in [1.29, 1.82) is 0 Å². The Labute approximate surface area is 129 Å². The van der Waals surface area contributed by atoms with Crippen LogP contribution in [0, 0.1) is 6.92 Å². The van der Waals surface area contributed by atoms with E-state index in [0.717, 1.165) is 36.5 Å². The Hall–Kier alpha value is -2.37. The number of hydrogen-bond donors (Lipinski definition) is 1. The van der Waals surface area contributed by atoms with Crippen LogP contribution in [0.15, 0.2) is 35.0 Å². The van der Waals surface area contributed by atoms with Crippen LogP contribution in [0.2, 0.25) is 0 Å². The molecule has 3 heterocycles. The first-order valence-corrected chi connectivity index (χ1v) is 7.56. The standard InChI is InChI=1S/C16H20N4O2/c1-11-10-15(22-19-11)14-7-5-9-20(14)16(21)18-12(2)13-6-3-4-8-17-13/h3-4,6,8,10,12,14H,5,7,9H2,1-2H3,(H,18,21)/t12-,14-/m0/s1. The number of nitrogens with zero attached hydrogens (tertiary/aromatic N) is 3. The van der Waals surface area contributed by atoms with Gasteiger partial charge in [0, 0.05) is 18.8 Å². The van der Waals surface area contributed by atoms with Crippen molar-refractivity contribution < 1.29 is 9.32 Å². The molecular formula is C16H20N4O2. The summed E-state index contributed by atoms with van der Waals surface area (Å²) in [6, 6.07) is 7.34. The van der Waals surface area contributed by atoms with Crippen LogP contribution < -0.4 is 5.32 Å². The van der Waals surface area contributed by atoms with Crippen LogP contribution in [0.4, 0.5) is 4.79 Å². The van der Waals surface area contributed by atoms with Gasteiger partial charge in [-0.25, -0.2) is 4.79 Å². The largest absolute Gasteiger partial charge is 0.359 e. The van der Waals surface area contributed by atoms with Gasteiger partial charge in [0.15, 0.2) is 5.76 Å². The fourth-order valence-electron chi connectivity index (χ4n) is 2.82. The minimum absolute atomic E-state index is 0.0304. The van der Waals surface area contributed by atoms with E-state index in [1.807, 2.05) is 43.0 Å². The molecular weight excluding hydrogens is 280 g/mol. The molecule has 0 bridgehead atoms. The summed E-state index contributed by atoms with van der Waals surface area (Å²) in [6.07, 6.45) is 3.60. The molecule has 2 aromatic heterocycles. The summed E-state index contributed by atoms with van der Waals surface area (Å²) in [5.41, 5.74) is 1.69. The molecule has 0 aromatic carbocycles. The van der Waals surface area contributed by atoms with Crippen LogP contribution in [0.25, 0.3) is 0 Å². The molecule has 6 heteroatoms. The van der Waals surface area contributed by atoms with E-state index in [4.69, 9.17) is 4.52 Å². The third-order valence-corrected chi connectivity index (χ3v) is 3.96. The third-order valence-electron chi connectivity index (χ3n) is 3.96. The second-order valence-corrected chi connectivity index (χ2v) is 5.65. The van der Waals surface area contributed by atoms with Crippen molar-refractivity contribution in [2.75, 3.05) is 6.54 Å². The summed E-state index contributed by atoms with van der Waals surface area (Å²) in [5.74, 6) is 0.760. The van der Waals surface area contributed by atoms with Crippen molar-refractivity contribution in [2.24, 2.45) is 0 Å². The van der Waals surface area contributed by atoms with Gasteiger partial charge >= 0.3 is 6.03 Å². The van der Waals surface area contributed by atoms with Crippen molar-refractivity contribution in [3.05, 3.63) is 47.6 Å². The smallest absolute Gasteiger partial charge is 0.318 e. The molecule has 0 radical (unpaired) electrons. The second-order valence-electron chi connectivity index (χ2n) is 5.65. The highest BCUT2D eigenvalue weighted by Gasteiger charge is 2.33. The van der Waals surface area contributed by atoms with Gasteiger partial charge < -0.3 is 14.7 Å². The first-order chi connectivity index (χ1) is 10.6. The highest BCUT2D eigenvalue weighted by atomic mass is 16.5. The molecule has 0 saturated carbocycles.